The van der Waals surface area contributed by atoms with Crippen molar-refractivity contribution in [3.8, 4) is 56.5 Å². The van der Waals surface area contributed by atoms with Crippen molar-refractivity contribution in [2.75, 3.05) is 0 Å². The van der Waals surface area contributed by atoms with Crippen molar-refractivity contribution >= 4 is 53.7 Å². The third kappa shape index (κ3) is 6.52. The van der Waals surface area contributed by atoms with Gasteiger partial charge in [-0.15, -0.1) is 11.3 Å². The molecule has 11 rings (SSSR count). The lowest BCUT2D eigenvalue weighted by Crippen LogP contribution is -2.05. The first kappa shape index (κ1) is 38.4. The molecule has 11 aromatic rings. The summed E-state index contributed by atoms with van der Waals surface area (Å²) in [6, 6.07) is 51.2. The predicted octanol–water partition coefficient (Wildman–Crippen LogP) is 14.8. The summed E-state index contributed by atoms with van der Waals surface area (Å²) in [4.78, 5) is 16.2. The summed E-state index contributed by atoms with van der Waals surface area (Å²) < 4.78 is 87.0. The molecule has 0 N–H and O–H groups in total. The lowest BCUT2D eigenvalue weighted by molar-refractivity contribution is -0.138. The Hall–Kier alpha value is -7.57. The Balaban J connectivity index is 1.12. The second-order valence-electron chi connectivity index (χ2n) is 15.0. The summed E-state index contributed by atoms with van der Waals surface area (Å²) in [5.41, 5.74) is 6.83. The van der Waals surface area contributed by atoms with Crippen LogP contribution in [0.1, 0.15) is 11.1 Å². The molecule has 12 heteroatoms. The van der Waals surface area contributed by atoms with Crippen LogP contribution in [0, 0.1) is 0 Å². The number of aromatic nitrogens is 5. The molecule has 306 valence electrons. The Morgan fingerprint density at radius 3 is 1.59 bits per heavy atom. The van der Waals surface area contributed by atoms with Gasteiger partial charge >= 0.3 is 12.4 Å². The predicted molar refractivity (Wildman–Crippen MR) is 238 cm³/mol. The van der Waals surface area contributed by atoms with Crippen molar-refractivity contribution in [3.63, 3.8) is 0 Å². The number of nitrogens with zero attached hydrogens (tertiary/aromatic N) is 5. The second-order valence-corrected chi connectivity index (χ2v) is 16.0. The van der Waals surface area contributed by atoms with Crippen LogP contribution in [0.15, 0.2) is 176 Å². The van der Waals surface area contributed by atoms with Gasteiger partial charge in [-0.3, -0.25) is 9.13 Å². The molecule has 63 heavy (non-hydrogen) atoms. The first-order valence-electron chi connectivity index (χ1n) is 19.8. The van der Waals surface area contributed by atoms with Gasteiger partial charge in [0, 0.05) is 54.7 Å². The number of rotatable bonds is 6. The quantitative estimate of drug-likeness (QED) is 0.157. The molecule has 0 fully saturated rings. The number of hydrogen-bond acceptors (Lipinski definition) is 4. The van der Waals surface area contributed by atoms with E-state index in [-0.39, 0.29) is 0 Å². The fraction of sp³-hybridized carbons (Fsp3) is 0.0392. The lowest BCUT2D eigenvalue weighted by Gasteiger charge is -2.12. The summed E-state index contributed by atoms with van der Waals surface area (Å²) >= 11 is 1.49. The van der Waals surface area contributed by atoms with Crippen LogP contribution in [0.5, 0.6) is 0 Å². The molecule has 0 spiro atoms. The van der Waals surface area contributed by atoms with Crippen LogP contribution in [0.25, 0.3) is 98.9 Å². The summed E-state index contributed by atoms with van der Waals surface area (Å²) in [6.45, 7) is 0. The highest BCUT2D eigenvalue weighted by Gasteiger charge is 2.32. The van der Waals surface area contributed by atoms with Crippen molar-refractivity contribution in [1.82, 2.24) is 24.1 Å². The minimum atomic E-state index is -4.54. The Labute approximate surface area is 358 Å². The number of benzene rings is 7. The Kier molecular flexibility index (Phi) is 8.84. The zero-order valence-corrected chi connectivity index (χ0v) is 33.5. The van der Waals surface area contributed by atoms with E-state index in [2.05, 4.69) is 4.57 Å². The van der Waals surface area contributed by atoms with Crippen molar-refractivity contribution in [3.05, 3.63) is 187 Å². The van der Waals surface area contributed by atoms with Crippen molar-refractivity contribution in [1.29, 1.82) is 0 Å². The Morgan fingerprint density at radius 2 is 0.968 bits per heavy atom. The molecule has 0 aliphatic heterocycles. The molecule has 0 unspecified atom stereocenters. The molecule has 0 aliphatic rings. The van der Waals surface area contributed by atoms with Crippen LogP contribution < -0.4 is 0 Å². The van der Waals surface area contributed by atoms with E-state index in [0.717, 1.165) is 78.2 Å². The molecule has 7 aromatic carbocycles. The number of pyridine rings is 1. The van der Waals surface area contributed by atoms with E-state index in [4.69, 9.17) is 15.0 Å². The molecular weight excluding hydrogens is 829 g/mol. The molecule has 0 atom stereocenters. The molecule has 0 radical (unpaired) electrons. The van der Waals surface area contributed by atoms with Crippen molar-refractivity contribution in [2.45, 2.75) is 12.4 Å². The lowest BCUT2D eigenvalue weighted by atomic mass is 10.0. The first-order valence-corrected chi connectivity index (χ1v) is 20.6. The number of alkyl halides is 6. The fourth-order valence-corrected chi connectivity index (χ4v) is 9.55. The molecule has 0 amide bonds. The SMILES string of the molecule is FC(F)(F)c1ccc(-c2ccc3c(n2)sc2c(-c4nc5c(-c6cccc7c6nc(-c6cccc(C(F)(F)F)c6)n7-c6ccccc6)cccc5n4-c4ccccc4)cccc23)cc1. The van der Waals surface area contributed by atoms with Gasteiger partial charge in [0.25, 0.3) is 0 Å². The minimum Gasteiger partial charge on any atom is -0.292 e. The van der Waals surface area contributed by atoms with Gasteiger partial charge in [-0.2, -0.15) is 26.3 Å². The number of hydrogen-bond donors (Lipinski definition) is 0. The van der Waals surface area contributed by atoms with E-state index in [1.807, 2.05) is 132 Å². The van der Waals surface area contributed by atoms with E-state index in [0.29, 0.717) is 45.0 Å². The molecular formula is C51H29F6N5S. The van der Waals surface area contributed by atoms with Gasteiger partial charge in [-0.05, 0) is 78.9 Å². The normalized spacial score (nSPS) is 12.3. The van der Waals surface area contributed by atoms with Gasteiger partial charge < -0.3 is 0 Å². The maximum atomic E-state index is 14.0. The topological polar surface area (TPSA) is 48.5 Å². The summed E-state index contributed by atoms with van der Waals surface area (Å²) in [5, 5.41) is 1.87. The van der Waals surface area contributed by atoms with E-state index >= 15 is 0 Å². The maximum Gasteiger partial charge on any atom is 0.416 e. The highest BCUT2D eigenvalue weighted by atomic mass is 32.1. The number of para-hydroxylation sites is 4. The van der Waals surface area contributed by atoms with Crippen LogP contribution in [0.3, 0.4) is 0 Å². The van der Waals surface area contributed by atoms with E-state index in [1.54, 1.807) is 6.07 Å². The van der Waals surface area contributed by atoms with E-state index < -0.39 is 23.5 Å². The monoisotopic (exact) mass is 857 g/mol. The second kappa shape index (κ2) is 14.5. The zero-order chi connectivity index (χ0) is 43.0. The van der Waals surface area contributed by atoms with Crippen LogP contribution in [-0.2, 0) is 12.4 Å². The highest BCUT2D eigenvalue weighted by Crippen LogP contribution is 2.44. The minimum absolute atomic E-state index is 0.321. The molecule has 0 saturated carbocycles. The van der Waals surface area contributed by atoms with Crippen molar-refractivity contribution in [2.24, 2.45) is 0 Å². The summed E-state index contributed by atoms with van der Waals surface area (Å²) in [5.74, 6) is 1.04. The molecule has 0 saturated heterocycles. The van der Waals surface area contributed by atoms with Gasteiger partial charge in [0.2, 0.25) is 0 Å². The molecule has 4 aromatic heterocycles. The molecule has 0 bridgehead atoms. The number of halogens is 6. The van der Waals surface area contributed by atoms with Gasteiger partial charge in [-0.25, -0.2) is 15.0 Å². The van der Waals surface area contributed by atoms with Gasteiger partial charge in [0.05, 0.1) is 38.9 Å². The van der Waals surface area contributed by atoms with Crippen LogP contribution in [0.2, 0.25) is 0 Å². The van der Waals surface area contributed by atoms with E-state index in [1.165, 1.54) is 29.5 Å². The largest absolute Gasteiger partial charge is 0.416 e. The number of fused-ring (bicyclic) bond motifs is 5. The zero-order valence-electron chi connectivity index (χ0n) is 32.7. The average molecular weight is 858 g/mol. The summed E-state index contributed by atoms with van der Waals surface area (Å²) in [7, 11) is 0. The Bertz CT molecular complexity index is 3530. The third-order valence-electron chi connectivity index (χ3n) is 11.3. The average Bonchev–Trinajstić information content (AvgIpc) is 4.01. The summed E-state index contributed by atoms with van der Waals surface area (Å²) in [6.07, 6.45) is -8.97. The van der Waals surface area contributed by atoms with Crippen molar-refractivity contribution < 1.29 is 26.3 Å². The van der Waals surface area contributed by atoms with Crippen LogP contribution in [-0.4, -0.2) is 24.1 Å². The molecule has 5 nitrogen and oxygen atoms in total. The van der Waals surface area contributed by atoms with Gasteiger partial charge in [0.15, 0.2) is 0 Å². The Morgan fingerprint density at radius 1 is 0.413 bits per heavy atom. The smallest absolute Gasteiger partial charge is 0.292 e. The van der Waals surface area contributed by atoms with E-state index in [9.17, 15) is 26.3 Å². The molecule has 4 heterocycles. The van der Waals surface area contributed by atoms with Crippen LogP contribution >= 0.6 is 11.3 Å². The third-order valence-corrected chi connectivity index (χ3v) is 12.4. The number of imidazole rings is 2. The first-order chi connectivity index (χ1) is 30.5. The maximum absolute atomic E-state index is 14.0. The molecule has 0 aliphatic carbocycles. The number of thiophene rings is 1. The standard InChI is InChI=1S/C51H29F6N5S/c52-50(53,54)32-25-23-30(24-26-32)41-28-27-39-38-19-8-20-40(46(38)63-49(39)58-41)48-60-45-37(18-10-22-43(45)62(48)35-15-5-2-6-16-35)36-17-9-21-42-44(36)59-47(61(42)34-13-3-1-4-14-34)31-11-7-12-33(29-31)51(55,56)57/h1-29H. The van der Waals surface area contributed by atoms with Gasteiger partial charge in [-0.1, -0.05) is 97.1 Å². The van der Waals surface area contributed by atoms with Gasteiger partial charge in [0.1, 0.15) is 16.5 Å². The highest BCUT2D eigenvalue weighted by molar-refractivity contribution is 7.26. The van der Waals surface area contributed by atoms with Crippen LogP contribution in [0.4, 0.5) is 26.3 Å². The fourth-order valence-electron chi connectivity index (χ4n) is 8.36.